The fraction of sp³-hybridized carbons (Fsp3) is 0.304. The normalized spacial score (nSPS) is 21.2. The second-order valence-electron chi connectivity index (χ2n) is 7.74. The van der Waals surface area contributed by atoms with Crippen molar-refractivity contribution in [3.8, 4) is 0 Å². The number of likely N-dealkylation sites (tertiary alicyclic amines) is 1. The van der Waals surface area contributed by atoms with Crippen molar-refractivity contribution >= 4 is 29.4 Å². The number of aliphatic imine (C=N–C) groups is 1. The van der Waals surface area contributed by atoms with E-state index in [-0.39, 0.29) is 0 Å². The number of carbonyl (C=O) groups is 1. The molecule has 0 bridgehead atoms. The molecule has 1 atom stereocenters. The fourth-order valence-corrected chi connectivity index (χ4v) is 4.41. The van der Waals surface area contributed by atoms with Crippen molar-refractivity contribution in [2.24, 2.45) is 16.5 Å². The van der Waals surface area contributed by atoms with E-state index in [1.807, 2.05) is 48.7 Å². The molecule has 0 saturated carbocycles. The summed E-state index contributed by atoms with van der Waals surface area (Å²) in [5.74, 6) is -0.469. The number of hydrogen-bond acceptors (Lipinski definition) is 5. The van der Waals surface area contributed by atoms with E-state index in [1.54, 1.807) is 12.3 Å². The highest BCUT2D eigenvalue weighted by Crippen LogP contribution is 2.49. The van der Waals surface area contributed by atoms with Gasteiger partial charge >= 0.3 is 0 Å². The van der Waals surface area contributed by atoms with Crippen LogP contribution in [0.1, 0.15) is 30.1 Å². The molecule has 1 unspecified atom stereocenters. The summed E-state index contributed by atoms with van der Waals surface area (Å²) in [6.45, 7) is 2.30. The van der Waals surface area contributed by atoms with Crippen LogP contribution >= 0.6 is 11.6 Å². The van der Waals surface area contributed by atoms with Crippen molar-refractivity contribution in [2.45, 2.75) is 24.5 Å². The first-order chi connectivity index (χ1) is 14.5. The Balaban J connectivity index is 1.44. The predicted octanol–water partition coefficient (Wildman–Crippen LogP) is 3.43. The van der Waals surface area contributed by atoms with Crippen LogP contribution in [0.25, 0.3) is 0 Å². The molecule has 0 aromatic heterocycles. The zero-order valence-electron chi connectivity index (χ0n) is 16.6. The third kappa shape index (κ3) is 4.12. The van der Waals surface area contributed by atoms with Gasteiger partial charge in [-0.15, -0.1) is 0 Å². The monoisotopic (exact) mass is 424 g/mol. The number of para-hydroxylation sites is 1. The smallest absolute Gasteiger partial charge is 0.251 e. The molecule has 1 spiro atoms. The highest BCUT2D eigenvalue weighted by Gasteiger charge is 2.48. The molecular weight excluding hydrogens is 400 g/mol. The molecule has 2 heterocycles. The van der Waals surface area contributed by atoms with Crippen molar-refractivity contribution in [2.75, 3.05) is 19.6 Å². The quantitative estimate of drug-likeness (QED) is 0.719. The molecule has 1 amide bonds. The summed E-state index contributed by atoms with van der Waals surface area (Å²) < 4.78 is 6.24. The van der Waals surface area contributed by atoms with Crippen LogP contribution in [0, 0.1) is 0 Å². The molecular formula is C23H25ClN4O2. The van der Waals surface area contributed by atoms with Crippen molar-refractivity contribution < 1.29 is 9.53 Å². The number of hydrogen-bond donors (Lipinski definition) is 2. The van der Waals surface area contributed by atoms with Gasteiger partial charge < -0.3 is 16.2 Å². The number of ether oxygens (including phenoxy) is 1. The summed E-state index contributed by atoms with van der Waals surface area (Å²) in [5.41, 5.74) is 14.5. The Kier molecular flexibility index (Phi) is 5.90. The molecule has 7 heteroatoms. The van der Waals surface area contributed by atoms with Crippen LogP contribution in [0.4, 0.5) is 5.69 Å². The van der Waals surface area contributed by atoms with Crippen molar-refractivity contribution in [1.82, 2.24) is 4.90 Å². The number of carbonyl (C=O) groups excluding carboxylic acids is 1. The van der Waals surface area contributed by atoms with Crippen molar-refractivity contribution in [3.05, 3.63) is 76.5 Å². The number of piperidine rings is 1. The Morgan fingerprint density at radius 3 is 2.63 bits per heavy atom. The molecule has 2 aromatic rings. The van der Waals surface area contributed by atoms with E-state index in [2.05, 4.69) is 9.89 Å². The maximum Gasteiger partial charge on any atom is 0.251 e. The summed E-state index contributed by atoms with van der Waals surface area (Å²) in [7, 11) is 0. The number of amides is 1. The molecule has 4 rings (SSSR count). The van der Waals surface area contributed by atoms with Crippen LogP contribution in [0.3, 0.4) is 0 Å². The molecule has 2 aliphatic rings. The Labute approximate surface area is 181 Å². The second kappa shape index (κ2) is 8.60. The maximum absolute atomic E-state index is 11.9. The van der Waals surface area contributed by atoms with E-state index >= 15 is 0 Å². The SMILES string of the molecule is NC=C(C=Nc1ccccc1)CN1CCC2(CC1)OC(C(N)=O)c1ccc(Cl)cc12. The Morgan fingerprint density at radius 1 is 1.23 bits per heavy atom. The maximum atomic E-state index is 11.9. The number of primary amides is 1. The number of nitrogens with two attached hydrogens (primary N) is 2. The number of nitrogens with zero attached hydrogens (tertiary/aromatic N) is 2. The summed E-state index contributed by atoms with van der Waals surface area (Å²) in [5, 5.41) is 0.634. The zero-order chi connectivity index (χ0) is 21.1. The Bertz CT molecular complexity index is 982. The van der Waals surface area contributed by atoms with Gasteiger partial charge in [0.2, 0.25) is 0 Å². The highest BCUT2D eigenvalue weighted by molar-refractivity contribution is 6.30. The fourth-order valence-electron chi connectivity index (χ4n) is 4.24. The zero-order valence-corrected chi connectivity index (χ0v) is 17.4. The molecule has 2 aliphatic heterocycles. The van der Waals surface area contributed by atoms with Crippen LogP contribution in [-0.4, -0.2) is 36.7 Å². The molecule has 6 nitrogen and oxygen atoms in total. The summed E-state index contributed by atoms with van der Waals surface area (Å²) in [6, 6.07) is 15.3. The third-order valence-electron chi connectivity index (χ3n) is 5.81. The van der Waals surface area contributed by atoms with E-state index in [0.29, 0.717) is 11.6 Å². The molecule has 1 fully saturated rings. The minimum absolute atomic E-state index is 0.469. The lowest BCUT2D eigenvalue weighted by Crippen LogP contribution is -2.43. The van der Waals surface area contributed by atoms with Gasteiger partial charge in [-0.05, 0) is 60.0 Å². The first kappa shape index (κ1) is 20.6. The number of benzene rings is 2. The van der Waals surface area contributed by atoms with E-state index < -0.39 is 17.6 Å². The summed E-state index contributed by atoms with van der Waals surface area (Å²) in [4.78, 5) is 18.7. The van der Waals surface area contributed by atoms with Gasteiger partial charge in [0.15, 0.2) is 6.10 Å². The van der Waals surface area contributed by atoms with E-state index in [0.717, 1.165) is 48.3 Å². The standard InChI is InChI=1S/C23H25ClN4O2/c24-17-6-7-19-20(12-17)23(30-21(19)22(26)29)8-10-28(11-9-23)15-16(13-25)14-27-18-4-2-1-3-5-18/h1-7,12-14,21H,8-11,15,25H2,(H2,26,29). The van der Waals surface area contributed by atoms with Gasteiger partial charge in [-0.3, -0.25) is 14.7 Å². The molecule has 0 aliphatic carbocycles. The first-order valence-electron chi connectivity index (χ1n) is 10.00. The van der Waals surface area contributed by atoms with Crippen molar-refractivity contribution in [3.63, 3.8) is 0 Å². The predicted molar refractivity (Wildman–Crippen MR) is 119 cm³/mol. The van der Waals surface area contributed by atoms with Crippen LogP contribution in [0.15, 0.2) is 65.3 Å². The lowest BCUT2D eigenvalue weighted by Gasteiger charge is -2.39. The van der Waals surface area contributed by atoms with Crippen LogP contribution in [0.5, 0.6) is 0 Å². The molecule has 1 saturated heterocycles. The molecule has 2 aromatic carbocycles. The Hall–Kier alpha value is -2.67. The highest BCUT2D eigenvalue weighted by atomic mass is 35.5. The molecule has 30 heavy (non-hydrogen) atoms. The number of halogens is 1. The number of fused-ring (bicyclic) bond motifs is 2. The van der Waals surface area contributed by atoms with E-state index in [4.69, 9.17) is 27.8 Å². The number of rotatable bonds is 5. The van der Waals surface area contributed by atoms with E-state index in [9.17, 15) is 4.79 Å². The topological polar surface area (TPSA) is 93.9 Å². The van der Waals surface area contributed by atoms with E-state index in [1.165, 1.54) is 0 Å². The average Bonchev–Trinajstić information content (AvgIpc) is 3.07. The Morgan fingerprint density at radius 2 is 1.97 bits per heavy atom. The van der Waals surface area contributed by atoms with Gasteiger partial charge in [-0.2, -0.15) is 0 Å². The van der Waals surface area contributed by atoms with Gasteiger partial charge in [0, 0.05) is 30.9 Å². The van der Waals surface area contributed by atoms with Crippen molar-refractivity contribution in [1.29, 1.82) is 0 Å². The minimum atomic E-state index is -0.721. The first-order valence-corrected chi connectivity index (χ1v) is 10.4. The third-order valence-corrected chi connectivity index (χ3v) is 6.05. The lowest BCUT2D eigenvalue weighted by molar-refractivity contribution is -0.147. The minimum Gasteiger partial charge on any atom is -0.404 e. The van der Waals surface area contributed by atoms with Gasteiger partial charge in [-0.1, -0.05) is 35.9 Å². The largest absolute Gasteiger partial charge is 0.404 e. The molecule has 156 valence electrons. The van der Waals surface area contributed by atoms with Crippen LogP contribution in [0.2, 0.25) is 5.02 Å². The van der Waals surface area contributed by atoms with Gasteiger partial charge in [0.1, 0.15) is 0 Å². The summed E-state index contributed by atoms with van der Waals surface area (Å²) >= 11 is 6.24. The van der Waals surface area contributed by atoms with Crippen LogP contribution in [-0.2, 0) is 15.1 Å². The van der Waals surface area contributed by atoms with Crippen LogP contribution < -0.4 is 11.5 Å². The molecule has 4 N–H and O–H groups in total. The second-order valence-corrected chi connectivity index (χ2v) is 8.17. The van der Waals surface area contributed by atoms with Gasteiger partial charge in [0.05, 0.1) is 11.3 Å². The average molecular weight is 425 g/mol. The van der Waals surface area contributed by atoms with Gasteiger partial charge in [0.25, 0.3) is 5.91 Å². The molecule has 0 radical (unpaired) electrons. The lowest BCUT2D eigenvalue weighted by atomic mass is 9.83. The summed E-state index contributed by atoms with van der Waals surface area (Å²) in [6.07, 6.45) is 4.18. The van der Waals surface area contributed by atoms with Gasteiger partial charge in [-0.25, -0.2) is 0 Å².